The van der Waals surface area contributed by atoms with Crippen LogP contribution in [0.15, 0.2) is 42.5 Å². The number of aromatic nitrogens is 2. The largest absolute Gasteiger partial charge is 0.414 e. The molecule has 1 unspecified atom stereocenters. The van der Waals surface area contributed by atoms with Crippen molar-refractivity contribution in [3.63, 3.8) is 0 Å². The molecule has 1 aliphatic carbocycles. The number of nitrogens with one attached hydrogen (secondary N) is 2. The Hall–Kier alpha value is -3.39. The van der Waals surface area contributed by atoms with Gasteiger partial charge in [0.1, 0.15) is 0 Å². The van der Waals surface area contributed by atoms with Crippen molar-refractivity contribution in [2.45, 2.75) is 31.4 Å². The van der Waals surface area contributed by atoms with Gasteiger partial charge in [-0.3, -0.25) is 4.79 Å². The highest BCUT2D eigenvalue weighted by molar-refractivity contribution is 6.00. The second-order valence-electron chi connectivity index (χ2n) is 8.20. The molecule has 1 saturated carbocycles. The fourth-order valence-corrected chi connectivity index (χ4v) is 4.78. The molecule has 1 atom stereocenters. The van der Waals surface area contributed by atoms with E-state index in [1.165, 1.54) is 7.05 Å². The molecular formula is C23H24N4O4. The smallest absolute Gasteiger partial charge is 0.375 e. The van der Waals surface area contributed by atoms with Gasteiger partial charge in [0, 0.05) is 30.3 Å². The topological polar surface area (TPSA) is 108 Å². The average Bonchev–Trinajstić information content (AvgIpc) is 3.49. The Morgan fingerprint density at radius 1 is 1.29 bits per heavy atom. The van der Waals surface area contributed by atoms with Crippen LogP contribution < -0.4 is 10.1 Å². The summed E-state index contributed by atoms with van der Waals surface area (Å²) in [5.41, 5.74) is 1.28. The van der Waals surface area contributed by atoms with Crippen molar-refractivity contribution in [1.29, 1.82) is 0 Å². The first kappa shape index (κ1) is 19.6. The molecule has 1 aromatic heterocycles. The van der Waals surface area contributed by atoms with Gasteiger partial charge in [-0.1, -0.05) is 37.1 Å². The van der Waals surface area contributed by atoms with E-state index < -0.39 is 11.8 Å². The molecule has 3 aromatic rings. The van der Waals surface area contributed by atoms with Crippen LogP contribution in [0.3, 0.4) is 0 Å². The predicted molar refractivity (Wildman–Crippen MR) is 114 cm³/mol. The van der Waals surface area contributed by atoms with E-state index in [0.717, 1.165) is 25.7 Å². The predicted octanol–water partition coefficient (Wildman–Crippen LogP) is 3.12. The minimum atomic E-state index is -1.57. The maximum absolute atomic E-state index is 13.3. The van der Waals surface area contributed by atoms with Gasteiger partial charge in [0.15, 0.2) is 5.72 Å². The van der Waals surface area contributed by atoms with Crippen molar-refractivity contribution < 1.29 is 19.4 Å². The summed E-state index contributed by atoms with van der Waals surface area (Å²) < 4.78 is 5.08. The summed E-state index contributed by atoms with van der Waals surface area (Å²) in [6.07, 6.45) is 3.82. The van der Waals surface area contributed by atoms with E-state index in [0.29, 0.717) is 40.2 Å². The fourth-order valence-electron chi connectivity index (χ4n) is 4.78. The molecule has 160 valence electrons. The molecule has 0 spiro atoms. The highest BCUT2D eigenvalue weighted by Gasteiger charge is 2.50. The van der Waals surface area contributed by atoms with Crippen molar-refractivity contribution in [2.24, 2.45) is 5.92 Å². The molecule has 2 amide bonds. The Morgan fingerprint density at radius 3 is 2.84 bits per heavy atom. The van der Waals surface area contributed by atoms with Crippen LogP contribution in [0.5, 0.6) is 6.01 Å². The van der Waals surface area contributed by atoms with Gasteiger partial charge in [-0.05, 0) is 37.0 Å². The minimum absolute atomic E-state index is 0.0594. The second kappa shape index (κ2) is 7.39. The number of aliphatic hydroxyl groups is 1. The number of imidazole rings is 1. The van der Waals surface area contributed by atoms with Gasteiger partial charge in [0.2, 0.25) is 0 Å². The van der Waals surface area contributed by atoms with Crippen molar-refractivity contribution in [3.8, 4) is 6.01 Å². The van der Waals surface area contributed by atoms with Crippen LogP contribution in [0.25, 0.3) is 11.0 Å². The van der Waals surface area contributed by atoms with Crippen LogP contribution in [0.1, 0.15) is 47.2 Å². The normalized spacial score (nSPS) is 21.0. The molecule has 8 heteroatoms. The third-order valence-corrected chi connectivity index (χ3v) is 6.34. The first-order chi connectivity index (χ1) is 15.0. The van der Waals surface area contributed by atoms with Crippen molar-refractivity contribution in [2.75, 3.05) is 13.6 Å². The molecule has 1 fully saturated rings. The van der Waals surface area contributed by atoms with Gasteiger partial charge in [-0.15, -0.1) is 0 Å². The van der Waals surface area contributed by atoms with Gasteiger partial charge in [-0.25, -0.2) is 4.79 Å². The number of amides is 2. The van der Waals surface area contributed by atoms with Crippen molar-refractivity contribution in [1.82, 2.24) is 20.2 Å². The SMILES string of the molecule is CNC(=O)Oc1nc2ccc(C3(O)c4ccccc4C(=O)N3CC3CCCC3)cc2[nH]1. The first-order valence-corrected chi connectivity index (χ1v) is 10.5. The molecule has 0 saturated heterocycles. The molecule has 2 aromatic carbocycles. The molecule has 0 bridgehead atoms. The summed E-state index contributed by atoms with van der Waals surface area (Å²) in [6.45, 7) is 0.510. The van der Waals surface area contributed by atoms with E-state index in [4.69, 9.17) is 4.74 Å². The van der Waals surface area contributed by atoms with E-state index in [2.05, 4.69) is 15.3 Å². The highest BCUT2D eigenvalue weighted by atomic mass is 16.6. The maximum Gasteiger partial charge on any atom is 0.414 e. The summed E-state index contributed by atoms with van der Waals surface area (Å²) in [4.78, 5) is 33.6. The van der Waals surface area contributed by atoms with Crippen molar-refractivity contribution in [3.05, 3.63) is 59.2 Å². The monoisotopic (exact) mass is 420 g/mol. The molecule has 2 heterocycles. The molecule has 5 rings (SSSR count). The van der Waals surface area contributed by atoms with E-state index in [-0.39, 0.29) is 11.9 Å². The maximum atomic E-state index is 13.3. The zero-order valence-electron chi connectivity index (χ0n) is 17.2. The van der Waals surface area contributed by atoms with Crippen LogP contribution in [0.4, 0.5) is 4.79 Å². The lowest BCUT2D eigenvalue weighted by atomic mass is 9.93. The Balaban J connectivity index is 1.58. The number of carbonyl (C=O) groups is 2. The number of nitrogens with zero attached hydrogens (tertiary/aromatic N) is 2. The molecule has 1 aliphatic heterocycles. The van der Waals surface area contributed by atoms with Gasteiger partial charge in [-0.2, -0.15) is 4.98 Å². The number of H-pyrrole nitrogens is 1. The molecule has 3 N–H and O–H groups in total. The van der Waals surface area contributed by atoms with Gasteiger partial charge < -0.3 is 25.0 Å². The first-order valence-electron chi connectivity index (χ1n) is 10.5. The number of rotatable bonds is 4. The zero-order valence-corrected chi connectivity index (χ0v) is 17.2. The summed E-state index contributed by atoms with van der Waals surface area (Å²) in [7, 11) is 1.46. The Labute approximate surface area is 179 Å². The third kappa shape index (κ3) is 3.14. The quantitative estimate of drug-likeness (QED) is 0.601. The molecule has 0 radical (unpaired) electrons. The van der Waals surface area contributed by atoms with Crippen LogP contribution >= 0.6 is 0 Å². The Kier molecular flexibility index (Phi) is 4.66. The number of benzene rings is 2. The summed E-state index contributed by atoms with van der Waals surface area (Å²) in [6, 6.07) is 12.6. The van der Waals surface area contributed by atoms with Gasteiger partial charge >= 0.3 is 12.1 Å². The van der Waals surface area contributed by atoms with Crippen LogP contribution in [0, 0.1) is 5.92 Å². The number of ether oxygens (including phenoxy) is 1. The molecule has 8 nitrogen and oxygen atoms in total. The lowest BCUT2D eigenvalue weighted by Gasteiger charge is -2.36. The molecule has 31 heavy (non-hydrogen) atoms. The van der Waals surface area contributed by atoms with E-state index in [1.807, 2.05) is 12.1 Å². The third-order valence-electron chi connectivity index (χ3n) is 6.34. The summed E-state index contributed by atoms with van der Waals surface area (Å²) in [5.74, 6) is 0.228. The molecule has 2 aliphatic rings. The summed E-state index contributed by atoms with van der Waals surface area (Å²) in [5, 5.41) is 14.4. The van der Waals surface area contributed by atoms with Crippen molar-refractivity contribution >= 4 is 23.0 Å². The Bertz CT molecular complexity index is 1170. The number of hydrogen-bond donors (Lipinski definition) is 3. The van der Waals surface area contributed by atoms with E-state index in [9.17, 15) is 14.7 Å². The highest BCUT2D eigenvalue weighted by Crippen LogP contribution is 2.44. The van der Waals surface area contributed by atoms with E-state index >= 15 is 0 Å². The number of hydrogen-bond acceptors (Lipinski definition) is 5. The van der Waals surface area contributed by atoms with Gasteiger partial charge in [0.05, 0.1) is 11.0 Å². The number of fused-ring (bicyclic) bond motifs is 2. The van der Waals surface area contributed by atoms with Gasteiger partial charge in [0.25, 0.3) is 5.91 Å². The van der Waals surface area contributed by atoms with E-state index in [1.54, 1.807) is 35.2 Å². The standard InChI is InChI=1S/C23H24N4O4/c1-24-22(29)31-21-25-18-11-10-15(12-19(18)26-21)23(30)17-9-5-4-8-16(17)20(28)27(23)13-14-6-2-3-7-14/h4-5,8-12,14,30H,2-3,6-7,13H2,1H3,(H,24,29)(H,25,26). The molecular weight excluding hydrogens is 396 g/mol. The number of aromatic amines is 1. The fraction of sp³-hybridized carbons (Fsp3) is 0.348. The van der Waals surface area contributed by atoms with Crippen LogP contribution in [-0.2, 0) is 5.72 Å². The van der Waals surface area contributed by atoms with Crippen LogP contribution in [0.2, 0.25) is 0 Å². The lowest BCUT2D eigenvalue weighted by Crippen LogP contribution is -2.46. The minimum Gasteiger partial charge on any atom is -0.375 e. The lowest BCUT2D eigenvalue weighted by molar-refractivity contribution is -0.0556. The average molecular weight is 420 g/mol. The summed E-state index contributed by atoms with van der Waals surface area (Å²) >= 11 is 0. The number of carbonyl (C=O) groups excluding carboxylic acids is 2. The zero-order chi connectivity index (χ0) is 21.6. The van der Waals surface area contributed by atoms with Crippen LogP contribution in [-0.4, -0.2) is 45.6 Å². The Morgan fingerprint density at radius 2 is 2.06 bits per heavy atom. The second-order valence-corrected chi connectivity index (χ2v) is 8.20.